The average Bonchev–Trinajstić information content (AvgIpc) is 3.14. The van der Waals surface area contributed by atoms with Gasteiger partial charge in [-0.25, -0.2) is 0 Å². The molecule has 0 N–H and O–H groups in total. The van der Waals surface area contributed by atoms with Crippen molar-refractivity contribution in [2.24, 2.45) is 7.05 Å². The van der Waals surface area contributed by atoms with Crippen LogP contribution in [0.25, 0.3) is 11.3 Å². The molecule has 136 valence electrons. The summed E-state index contributed by atoms with van der Waals surface area (Å²) in [6.07, 6.45) is 8.64. The van der Waals surface area contributed by atoms with E-state index < -0.39 is 0 Å². The second-order valence-electron chi connectivity index (χ2n) is 6.86. The third-order valence-corrected chi connectivity index (χ3v) is 5.18. The first-order valence-corrected chi connectivity index (χ1v) is 8.95. The van der Waals surface area contributed by atoms with Crippen molar-refractivity contribution in [3.63, 3.8) is 0 Å². The quantitative estimate of drug-likeness (QED) is 0.707. The maximum Gasteiger partial charge on any atom is 0.135 e. The van der Waals surface area contributed by atoms with Crippen LogP contribution in [0, 0.1) is 11.3 Å². The number of rotatable bonds is 3. The van der Waals surface area contributed by atoms with Gasteiger partial charge in [0.2, 0.25) is 0 Å². The number of anilines is 1. The first kappa shape index (κ1) is 17.1. The first-order chi connectivity index (χ1) is 13.2. The summed E-state index contributed by atoms with van der Waals surface area (Å²) < 4.78 is 1.99. The van der Waals surface area contributed by atoms with Gasteiger partial charge in [-0.05, 0) is 31.9 Å². The normalized spacial score (nSPS) is 19.7. The predicted octanol–water partition coefficient (Wildman–Crippen LogP) is 2.31. The summed E-state index contributed by atoms with van der Waals surface area (Å²) in [4.78, 5) is 6.85. The number of hydrogen-bond donors (Lipinski definition) is 0. The van der Waals surface area contributed by atoms with E-state index in [1.54, 1.807) is 31.0 Å². The van der Waals surface area contributed by atoms with E-state index in [1.807, 2.05) is 17.7 Å². The molecule has 1 fully saturated rings. The molecular formula is C19H20N8. The summed E-state index contributed by atoms with van der Waals surface area (Å²) in [6, 6.07) is 6.21. The minimum atomic E-state index is 0.241. The van der Waals surface area contributed by atoms with Gasteiger partial charge in [0.25, 0.3) is 0 Å². The van der Waals surface area contributed by atoms with E-state index in [1.165, 1.54) is 0 Å². The molecule has 4 heterocycles. The van der Waals surface area contributed by atoms with Crippen molar-refractivity contribution < 1.29 is 0 Å². The molecule has 3 aromatic rings. The predicted molar refractivity (Wildman–Crippen MR) is 99.8 cm³/mol. The number of hydrogen-bond acceptors (Lipinski definition) is 7. The Morgan fingerprint density at radius 1 is 1.19 bits per heavy atom. The van der Waals surface area contributed by atoms with Crippen LogP contribution in [0.5, 0.6) is 0 Å². The van der Waals surface area contributed by atoms with Crippen LogP contribution < -0.4 is 4.90 Å². The third-order valence-electron chi connectivity index (χ3n) is 5.18. The van der Waals surface area contributed by atoms with Gasteiger partial charge in [0.1, 0.15) is 18.2 Å². The maximum absolute atomic E-state index is 9.69. The van der Waals surface area contributed by atoms with Gasteiger partial charge in [0, 0.05) is 37.3 Å². The highest BCUT2D eigenvalue weighted by molar-refractivity contribution is 5.79. The summed E-state index contributed by atoms with van der Waals surface area (Å²) in [5.41, 5.74) is 3.13. The number of aromatic nitrogens is 6. The van der Waals surface area contributed by atoms with Gasteiger partial charge in [-0.1, -0.05) is 0 Å². The lowest BCUT2D eigenvalue weighted by molar-refractivity contribution is 0.411. The lowest BCUT2D eigenvalue weighted by Gasteiger charge is -2.40. The minimum Gasteiger partial charge on any atom is -0.366 e. The third kappa shape index (κ3) is 3.12. The average molecular weight is 360 g/mol. The van der Waals surface area contributed by atoms with Gasteiger partial charge < -0.3 is 9.47 Å². The summed E-state index contributed by atoms with van der Waals surface area (Å²) in [6.45, 7) is 3.01. The highest BCUT2D eigenvalue weighted by Crippen LogP contribution is 2.38. The fourth-order valence-corrected chi connectivity index (χ4v) is 3.88. The number of nitriles is 1. The molecule has 27 heavy (non-hydrogen) atoms. The lowest BCUT2D eigenvalue weighted by atomic mass is 9.89. The van der Waals surface area contributed by atoms with E-state index in [0.29, 0.717) is 11.5 Å². The van der Waals surface area contributed by atoms with E-state index in [2.05, 4.69) is 43.3 Å². The Morgan fingerprint density at radius 2 is 2.07 bits per heavy atom. The van der Waals surface area contributed by atoms with Gasteiger partial charge in [-0.15, -0.1) is 10.2 Å². The topological polar surface area (TPSA) is 96.4 Å². The molecule has 1 aliphatic rings. The highest BCUT2D eigenvalue weighted by Gasteiger charge is 2.31. The molecule has 0 saturated carbocycles. The van der Waals surface area contributed by atoms with Crippen LogP contribution in [0.4, 0.5) is 5.69 Å². The van der Waals surface area contributed by atoms with E-state index >= 15 is 0 Å². The van der Waals surface area contributed by atoms with Crippen LogP contribution in [-0.2, 0) is 7.05 Å². The molecule has 4 rings (SSSR count). The van der Waals surface area contributed by atoms with Crippen LogP contribution in [0.1, 0.15) is 37.1 Å². The zero-order chi connectivity index (χ0) is 18.8. The fraction of sp³-hybridized carbons (Fsp3) is 0.368. The molecule has 1 saturated heterocycles. The van der Waals surface area contributed by atoms with E-state index in [-0.39, 0.29) is 6.04 Å². The lowest BCUT2D eigenvalue weighted by Crippen LogP contribution is -2.41. The minimum absolute atomic E-state index is 0.241. The number of piperidine rings is 1. The highest BCUT2D eigenvalue weighted by atomic mass is 15.3. The molecule has 8 nitrogen and oxygen atoms in total. The molecule has 1 aliphatic heterocycles. The first-order valence-electron chi connectivity index (χ1n) is 8.95. The van der Waals surface area contributed by atoms with Crippen molar-refractivity contribution >= 4 is 5.69 Å². The molecule has 8 heteroatoms. The van der Waals surface area contributed by atoms with Crippen molar-refractivity contribution in [1.82, 2.24) is 29.9 Å². The van der Waals surface area contributed by atoms with E-state index in [9.17, 15) is 5.26 Å². The van der Waals surface area contributed by atoms with Crippen molar-refractivity contribution in [3.8, 4) is 17.3 Å². The van der Waals surface area contributed by atoms with Crippen molar-refractivity contribution in [3.05, 3.63) is 48.4 Å². The molecule has 0 bridgehead atoms. The van der Waals surface area contributed by atoms with E-state index in [0.717, 1.165) is 42.2 Å². The molecule has 0 spiro atoms. The molecule has 0 amide bonds. The number of pyridine rings is 1. The largest absolute Gasteiger partial charge is 0.366 e. The van der Waals surface area contributed by atoms with Crippen LogP contribution in [0.3, 0.4) is 0 Å². The number of aryl methyl sites for hydroxylation is 1. The zero-order valence-electron chi connectivity index (χ0n) is 15.3. The second-order valence-corrected chi connectivity index (χ2v) is 6.86. The Hall–Kier alpha value is -3.34. The Balaban J connectivity index is 1.70. The molecule has 0 unspecified atom stereocenters. The Labute approximate surface area is 157 Å². The van der Waals surface area contributed by atoms with Crippen molar-refractivity contribution in [1.29, 1.82) is 5.26 Å². The monoisotopic (exact) mass is 360 g/mol. The second kappa shape index (κ2) is 7.11. The van der Waals surface area contributed by atoms with Gasteiger partial charge in [0.15, 0.2) is 0 Å². The fourth-order valence-electron chi connectivity index (χ4n) is 3.88. The van der Waals surface area contributed by atoms with Gasteiger partial charge >= 0.3 is 0 Å². The molecule has 0 aliphatic carbocycles. The van der Waals surface area contributed by atoms with Gasteiger partial charge in [-0.2, -0.15) is 15.5 Å². The Kier molecular flexibility index (Phi) is 4.50. The SMILES string of the molecule is C[C@H]1C[C@H](c2nncn2C)CCN1c1c(C#N)ccnc1-c1ccnnc1. The molecular weight excluding hydrogens is 340 g/mol. The Bertz CT molecular complexity index is 975. The van der Waals surface area contributed by atoms with Crippen LogP contribution >= 0.6 is 0 Å². The van der Waals surface area contributed by atoms with Crippen LogP contribution in [-0.4, -0.2) is 42.5 Å². The van der Waals surface area contributed by atoms with Crippen molar-refractivity contribution in [2.75, 3.05) is 11.4 Å². The van der Waals surface area contributed by atoms with Crippen molar-refractivity contribution in [2.45, 2.75) is 31.7 Å². The standard InChI is InChI=1S/C19H20N8/c1-13-9-14(19-25-24-12-26(19)2)5-8-27(13)18-15(10-20)3-6-21-17(18)16-4-7-22-23-11-16/h3-4,6-7,11-14H,5,8-9H2,1-2H3/t13-,14+/m0/s1. The zero-order valence-corrected chi connectivity index (χ0v) is 15.3. The Morgan fingerprint density at radius 3 is 2.74 bits per heavy atom. The van der Waals surface area contributed by atoms with Crippen LogP contribution in [0.2, 0.25) is 0 Å². The molecule has 2 atom stereocenters. The van der Waals surface area contributed by atoms with E-state index in [4.69, 9.17) is 0 Å². The summed E-state index contributed by atoms with van der Waals surface area (Å²) >= 11 is 0. The van der Waals surface area contributed by atoms with Gasteiger partial charge in [0.05, 0.1) is 29.3 Å². The molecule has 3 aromatic heterocycles. The number of nitrogens with zero attached hydrogens (tertiary/aromatic N) is 8. The molecule has 0 aromatic carbocycles. The molecule has 0 radical (unpaired) electrons. The summed E-state index contributed by atoms with van der Waals surface area (Å²) in [5, 5.41) is 25.8. The summed E-state index contributed by atoms with van der Waals surface area (Å²) in [5.74, 6) is 1.38. The summed E-state index contributed by atoms with van der Waals surface area (Å²) in [7, 11) is 1.98. The smallest absolute Gasteiger partial charge is 0.135 e. The van der Waals surface area contributed by atoms with Gasteiger partial charge in [-0.3, -0.25) is 4.98 Å². The maximum atomic E-state index is 9.69. The van der Waals surface area contributed by atoms with Crippen LogP contribution in [0.15, 0.2) is 37.1 Å².